The third-order valence-electron chi connectivity index (χ3n) is 2.69. The average molecular weight is 296 g/mol. The summed E-state index contributed by atoms with van der Waals surface area (Å²) in [5.41, 5.74) is -1.88. The van der Waals surface area contributed by atoms with Crippen LogP contribution in [-0.2, 0) is 5.60 Å². The fraction of sp³-hybridized carbons (Fsp3) is 0.273. The SMILES string of the molecule is CC(O)(CNC(=O)c1[nH]ncc1[N+](=O)[O-])c1cccs1. The van der Waals surface area contributed by atoms with E-state index in [0.29, 0.717) is 4.88 Å². The number of nitro groups is 1. The first-order valence-corrected chi connectivity index (χ1v) is 6.52. The van der Waals surface area contributed by atoms with Gasteiger partial charge in [-0.3, -0.25) is 20.0 Å². The standard InChI is InChI=1S/C11H12N4O4S/c1-11(17,8-3-2-4-20-8)6-12-10(16)9-7(15(18)19)5-13-14-9/h2-5,17H,6H2,1H3,(H,12,16)(H,13,14). The van der Waals surface area contributed by atoms with Crippen molar-refractivity contribution in [3.8, 4) is 0 Å². The van der Waals surface area contributed by atoms with E-state index < -0.39 is 22.1 Å². The molecule has 0 saturated heterocycles. The van der Waals surface area contributed by atoms with Crippen LogP contribution in [-0.4, -0.2) is 32.7 Å². The molecule has 0 radical (unpaired) electrons. The molecule has 106 valence electrons. The lowest BCUT2D eigenvalue weighted by Gasteiger charge is -2.21. The highest BCUT2D eigenvalue weighted by molar-refractivity contribution is 7.10. The lowest BCUT2D eigenvalue weighted by molar-refractivity contribution is -0.385. The van der Waals surface area contributed by atoms with Crippen LogP contribution in [0.5, 0.6) is 0 Å². The summed E-state index contributed by atoms with van der Waals surface area (Å²) in [6.07, 6.45) is 0.965. The number of hydrogen-bond donors (Lipinski definition) is 3. The number of carbonyl (C=O) groups is 1. The predicted molar refractivity (Wildman–Crippen MR) is 71.5 cm³/mol. The molecule has 0 aliphatic heterocycles. The van der Waals surface area contributed by atoms with Gasteiger partial charge >= 0.3 is 5.69 Å². The monoisotopic (exact) mass is 296 g/mol. The molecule has 2 aromatic heterocycles. The van der Waals surface area contributed by atoms with Crippen molar-refractivity contribution in [3.63, 3.8) is 0 Å². The van der Waals surface area contributed by atoms with Crippen molar-refractivity contribution < 1.29 is 14.8 Å². The Hall–Kier alpha value is -2.26. The minimum Gasteiger partial charge on any atom is -0.383 e. The van der Waals surface area contributed by atoms with Crippen molar-refractivity contribution in [2.24, 2.45) is 0 Å². The van der Waals surface area contributed by atoms with E-state index in [9.17, 15) is 20.0 Å². The first kappa shape index (κ1) is 14.2. The van der Waals surface area contributed by atoms with Crippen molar-refractivity contribution in [1.82, 2.24) is 15.5 Å². The number of nitrogens with zero attached hydrogens (tertiary/aromatic N) is 2. The van der Waals surface area contributed by atoms with E-state index in [1.165, 1.54) is 11.3 Å². The number of thiophene rings is 1. The highest BCUT2D eigenvalue weighted by atomic mass is 32.1. The van der Waals surface area contributed by atoms with Gasteiger partial charge in [0, 0.05) is 4.88 Å². The summed E-state index contributed by atoms with van der Waals surface area (Å²) >= 11 is 1.36. The number of hydrogen-bond acceptors (Lipinski definition) is 6. The molecule has 0 bridgehead atoms. The van der Waals surface area contributed by atoms with Crippen molar-refractivity contribution in [2.75, 3.05) is 6.54 Å². The molecule has 9 heteroatoms. The Morgan fingerprint density at radius 3 is 3.05 bits per heavy atom. The van der Waals surface area contributed by atoms with Crippen molar-refractivity contribution in [2.45, 2.75) is 12.5 Å². The van der Waals surface area contributed by atoms with Crippen LogP contribution in [0.1, 0.15) is 22.3 Å². The van der Waals surface area contributed by atoms with Gasteiger partial charge in [0.1, 0.15) is 11.8 Å². The fourth-order valence-electron chi connectivity index (χ4n) is 1.60. The van der Waals surface area contributed by atoms with Crippen LogP contribution >= 0.6 is 11.3 Å². The maximum Gasteiger partial charge on any atom is 0.319 e. The number of nitrogens with one attached hydrogen (secondary N) is 2. The molecule has 2 aromatic rings. The van der Waals surface area contributed by atoms with Crippen molar-refractivity contribution >= 4 is 22.9 Å². The number of carbonyl (C=O) groups excluding carboxylic acids is 1. The summed E-state index contributed by atoms with van der Waals surface area (Å²) < 4.78 is 0. The van der Waals surface area contributed by atoms with Crippen LogP contribution in [0.3, 0.4) is 0 Å². The van der Waals surface area contributed by atoms with Gasteiger partial charge in [-0.25, -0.2) is 0 Å². The molecule has 2 rings (SSSR count). The zero-order valence-electron chi connectivity index (χ0n) is 10.5. The summed E-state index contributed by atoms with van der Waals surface area (Å²) in [5, 5.41) is 30.9. The second-order valence-corrected chi connectivity index (χ2v) is 5.27. The van der Waals surface area contributed by atoms with Gasteiger partial charge in [0.15, 0.2) is 0 Å². The molecule has 1 unspecified atom stereocenters. The number of aromatic amines is 1. The molecule has 1 amide bonds. The third kappa shape index (κ3) is 2.83. The van der Waals surface area contributed by atoms with Crippen LogP contribution in [0.15, 0.2) is 23.7 Å². The molecule has 0 saturated carbocycles. The number of H-pyrrole nitrogens is 1. The van der Waals surface area contributed by atoms with Crippen LogP contribution < -0.4 is 5.32 Å². The number of amides is 1. The third-order valence-corrected chi connectivity index (χ3v) is 3.81. The minimum absolute atomic E-state index is 0.0669. The summed E-state index contributed by atoms with van der Waals surface area (Å²) in [5.74, 6) is -0.689. The molecular formula is C11H12N4O4S. The van der Waals surface area contributed by atoms with E-state index in [1.807, 2.05) is 5.38 Å². The zero-order chi connectivity index (χ0) is 14.8. The van der Waals surface area contributed by atoms with Gasteiger partial charge in [0.25, 0.3) is 5.91 Å². The van der Waals surface area contributed by atoms with Crippen LogP contribution in [0, 0.1) is 10.1 Å². The van der Waals surface area contributed by atoms with E-state index in [4.69, 9.17) is 0 Å². The Balaban J connectivity index is 2.06. The Kier molecular flexibility index (Phi) is 3.81. The summed E-state index contributed by atoms with van der Waals surface area (Å²) in [6.45, 7) is 1.49. The molecule has 8 nitrogen and oxygen atoms in total. The summed E-state index contributed by atoms with van der Waals surface area (Å²) in [7, 11) is 0. The van der Waals surface area contributed by atoms with E-state index >= 15 is 0 Å². The average Bonchev–Trinajstić information content (AvgIpc) is 3.06. The molecule has 0 aromatic carbocycles. The quantitative estimate of drug-likeness (QED) is 0.561. The second kappa shape index (κ2) is 5.39. The molecule has 0 fully saturated rings. The largest absolute Gasteiger partial charge is 0.383 e. The first-order valence-electron chi connectivity index (χ1n) is 5.64. The Morgan fingerprint density at radius 2 is 2.45 bits per heavy atom. The minimum atomic E-state index is -1.24. The first-order chi connectivity index (χ1) is 9.42. The summed E-state index contributed by atoms with van der Waals surface area (Å²) in [4.78, 5) is 22.5. The van der Waals surface area contributed by atoms with Crippen LogP contribution in [0.4, 0.5) is 5.69 Å². The fourth-order valence-corrected chi connectivity index (χ4v) is 2.39. The lowest BCUT2D eigenvalue weighted by Crippen LogP contribution is -2.38. The van der Waals surface area contributed by atoms with Gasteiger partial charge in [-0.05, 0) is 18.4 Å². The summed E-state index contributed by atoms with van der Waals surface area (Å²) in [6, 6.07) is 3.53. The zero-order valence-corrected chi connectivity index (χ0v) is 11.3. The van der Waals surface area contributed by atoms with E-state index in [-0.39, 0.29) is 12.2 Å². The van der Waals surface area contributed by atoms with Gasteiger partial charge in [0.05, 0.1) is 11.5 Å². The molecule has 0 aliphatic rings. The predicted octanol–water partition coefficient (Wildman–Crippen LogP) is 1.02. The smallest absolute Gasteiger partial charge is 0.319 e. The molecule has 1 atom stereocenters. The van der Waals surface area contributed by atoms with Crippen molar-refractivity contribution in [3.05, 3.63) is 44.4 Å². The normalized spacial score (nSPS) is 13.7. The Morgan fingerprint density at radius 1 is 1.70 bits per heavy atom. The highest BCUT2D eigenvalue weighted by Gasteiger charge is 2.28. The highest BCUT2D eigenvalue weighted by Crippen LogP contribution is 2.24. The molecular weight excluding hydrogens is 284 g/mol. The Bertz CT molecular complexity index is 620. The van der Waals surface area contributed by atoms with Crippen LogP contribution in [0.2, 0.25) is 0 Å². The second-order valence-electron chi connectivity index (χ2n) is 4.32. The Labute approximate surface area is 117 Å². The molecule has 2 heterocycles. The van der Waals surface area contributed by atoms with Gasteiger partial charge in [-0.2, -0.15) is 5.10 Å². The lowest BCUT2D eigenvalue weighted by atomic mass is 10.1. The molecule has 0 aliphatic carbocycles. The van der Waals surface area contributed by atoms with E-state index in [1.54, 1.807) is 19.1 Å². The van der Waals surface area contributed by atoms with Gasteiger partial charge in [-0.15, -0.1) is 11.3 Å². The van der Waals surface area contributed by atoms with Crippen molar-refractivity contribution in [1.29, 1.82) is 0 Å². The number of aromatic nitrogens is 2. The maximum absolute atomic E-state index is 11.9. The maximum atomic E-state index is 11.9. The number of rotatable bonds is 5. The number of aliphatic hydroxyl groups is 1. The van der Waals surface area contributed by atoms with Gasteiger partial charge < -0.3 is 10.4 Å². The molecule has 20 heavy (non-hydrogen) atoms. The van der Waals surface area contributed by atoms with Gasteiger partial charge in [-0.1, -0.05) is 6.07 Å². The van der Waals surface area contributed by atoms with E-state index in [2.05, 4.69) is 15.5 Å². The van der Waals surface area contributed by atoms with Gasteiger partial charge in [0.2, 0.25) is 5.69 Å². The van der Waals surface area contributed by atoms with E-state index in [0.717, 1.165) is 6.20 Å². The van der Waals surface area contributed by atoms with Crippen LogP contribution in [0.25, 0.3) is 0 Å². The molecule has 0 spiro atoms. The topological polar surface area (TPSA) is 121 Å². The molecule has 3 N–H and O–H groups in total.